The van der Waals surface area contributed by atoms with E-state index in [1.165, 1.54) is 17.3 Å². The molecule has 2 aromatic rings. The number of ether oxygens (including phenoxy) is 1. The van der Waals surface area contributed by atoms with Crippen molar-refractivity contribution in [3.8, 4) is 5.75 Å². The third-order valence-corrected chi connectivity index (χ3v) is 5.13. The molecule has 0 aliphatic carbocycles. The van der Waals surface area contributed by atoms with E-state index in [1.807, 2.05) is 43.3 Å². The molecular weight excluding hydrogens is 332 g/mol. The number of allylic oxidation sites excluding steroid dienone is 1. The SMILES string of the molecule is CCc1ccc(N=C2NC(=O)/C(=C(\C)c3cccc(OC)c3)S2)cc1. The molecule has 2 aromatic carbocycles. The smallest absolute Gasteiger partial charge is 0.264 e. The number of methoxy groups -OCH3 is 1. The van der Waals surface area contributed by atoms with E-state index in [2.05, 4.69) is 29.4 Å². The summed E-state index contributed by atoms with van der Waals surface area (Å²) in [7, 11) is 1.63. The number of aryl methyl sites for hydroxylation is 1. The minimum absolute atomic E-state index is 0.116. The number of carbonyl (C=O) groups excluding carboxylic acids is 1. The highest BCUT2D eigenvalue weighted by Gasteiger charge is 2.26. The van der Waals surface area contributed by atoms with Crippen LogP contribution in [0.15, 0.2) is 58.4 Å². The number of nitrogens with zero attached hydrogens (tertiary/aromatic N) is 1. The molecule has 1 aliphatic heterocycles. The number of thioether (sulfide) groups is 1. The maximum Gasteiger partial charge on any atom is 0.264 e. The van der Waals surface area contributed by atoms with E-state index in [1.54, 1.807) is 7.11 Å². The molecule has 5 heteroatoms. The van der Waals surface area contributed by atoms with Crippen LogP contribution in [0.3, 0.4) is 0 Å². The first kappa shape index (κ1) is 17.3. The quantitative estimate of drug-likeness (QED) is 0.822. The summed E-state index contributed by atoms with van der Waals surface area (Å²) in [6, 6.07) is 15.7. The fourth-order valence-corrected chi connectivity index (χ4v) is 3.43. The van der Waals surface area contributed by atoms with Gasteiger partial charge in [0, 0.05) is 0 Å². The van der Waals surface area contributed by atoms with E-state index in [-0.39, 0.29) is 5.91 Å². The Labute approximate surface area is 152 Å². The number of amides is 1. The molecule has 1 heterocycles. The maximum atomic E-state index is 12.3. The molecule has 0 bridgehead atoms. The minimum Gasteiger partial charge on any atom is -0.497 e. The number of benzene rings is 2. The number of hydrogen-bond acceptors (Lipinski definition) is 4. The minimum atomic E-state index is -0.116. The number of carbonyl (C=O) groups is 1. The molecule has 1 fully saturated rings. The van der Waals surface area contributed by atoms with Crippen LogP contribution in [0.1, 0.15) is 25.0 Å². The largest absolute Gasteiger partial charge is 0.497 e. The van der Waals surface area contributed by atoms with Crippen molar-refractivity contribution in [2.24, 2.45) is 4.99 Å². The van der Waals surface area contributed by atoms with Gasteiger partial charge in [-0.2, -0.15) is 0 Å². The van der Waals surface area contributed by atoms with Gasteiger partial charge in [0.1, 0.15) is 5.75 Å². The van der Waals surface area contributed by atoms with Gasteiger partial charge in [0.05, 0.1) is 17.7 Å². The van der Waals surface area contributed by atoms with Crippen molar-refractivity contribution >= 4 is 34.1 Å². The van der Waals surface area contributed by atoms with E-state index in [9.17, 15) is 4.79 Å². The van der Waals surface area contributed by atoms with E-state index in [0.29, 0.717) is 10.1 Å². The molecule has 0 unspecified atom stereocenters. The van der Waals surface area contributed by atoms with Crippen LogP contribution in [-0.4, -0.2) is 18.2 Å². The first-order valence-corrected chi connectivity index (χ1v) is 8.94. The molecule has 25 heavy (non-hydrogen) atoms. The number of amidine groups is 1. The molecule has 0 aromatic heterocycles. The molecule has 1 N–H and O–H groups in total. The van der Waals surface area contributed by atoms with Crippen molar-refractivity contribution < 1.29 is 9.53 Å². The number of nitrogens with one attached hydrogen (secondary N) is 1. The lowest BCUT2D eigenvalue weighted by Crippen LogP contribution is -2.19. The average molecular weight is 352 g/mol. The number of rotatable bonds is 4. The summed E-state index contributed by atoms with van der Waals surface area (Å²) in [5.74, 6) is 0.653. The van der Waals surface area contributed by atoms with E-state index < -0.39 is 0 Å². The Morgan fingerprint density at radius 3 is 2.64 bits per heavy atom. The molecule has 128 valence electrons. The Morgan fingerprint density at radius 1 is 1.20 bits per heavy atom. The molecule has 1 amide bonds. The molecular formula is C20H20N2O2S. The van der Waals surface area contributed by atoms with Gasteiger partial charge in [0.2, 0.25) is 0 Å². The molecule has 4 nitrogen and oxygen atoms in total. The van der Waals surface area contributed by atoms with E-state index in [0.717, 1.165) is 29.0 Å². The third-order valence-electron chi connectivity index (χ3n) is 4.04. The van der Waals surface area contributed by atoms with Gasteiger partial charge < -0.3 is 10.1 Å². The average Bonchev–Trinajstić information content (AvgIpc) is 3.02. The molecule has 3 rings (SSSR count). The monoisotopic (exact) mass is 352 g/mol. The highest BCUT2D eigenvalue weighted by Crippen LogP contribution is 2.33. The third kappa shape index (κ3) is 3.94. The number of hydrogen-bond donors (Lipinski definition) is 1. The van der Waals surface area contributed by atoms with Gasteiger partial charge in [0.25, 0.3) is 5.91 Å². The van der Waals surface area contributed by atoms with Crippen LogP contribution < -0.4 is 10.1 Å². The second-order valence-electron chi connectivity index (χ2n) is 5.68. The van der Waals surface area contributed by atoms with Crippen molar-refractivity contribution in [2.45, 2.75) is 20.3 Å². The fraction of sp³-hybridized carbons (Fsp3) is 0.200. The van der Waals surface area contributed by atoms with Crippen LogP contribution in [0, 0.1) is 0 Å². The molecule has 1 aliphatic rings. The van der Waals surface area contributed by atoms with Gasteiger partial charge in [-0.1, -0.05) is 31.2 Å². The van der Waals surface area contributed by atoms with Crippen molar-refractivity contribution in [2.75, 3.05) is 7.11 Å². The topological polar surface area (TPSA) is 50.7 Å². The van der Waals surface area contributed by atoms with Gasteiger partial charge in [-0.15, -0.1) is 0 Å². The standard InChI is InChI=1S/C20H20N2O2S/c1-4-14-8-10-16(11-9-14)21-20-22-19(23)18(25-20)13(2)15-6-5-7-17(12-15)24-3/h5-12H,4H2,1-3H3,(H,21,22,23)/b18-13-. The fourth-order valence-electron chi connectivity index (χ4n) is 2.53. The maximum absolute atomic E-state index is 12.3. The Bertz CT molecular complexity index is 854. The summed E-state index contributed by atoms with van der Waals surface area (Å²) in [5.41, 5.74) is 3.97. The van der Waals surface area contributed by atoms with Gasteiger partial charge in [-0.3, -0.25) is 4.79 Å². The summed E-state index contributed by atoms with van der Waals surface area (Å²) in [4.78, 5) is 17.5. The van der Waals surface area contributed by atoms with Crippen molar-refractivity contribution in [3.63, 3.8) is 0 Å². The molecule has 0 saturated carbocycles. The first-order valence-electron chi connectivity index (χ1n) is 8.13. The van der Waals surface area contributed by atoms with E-state index in [4.69, 9.17) is 4.74 Å². The summed E-state index contributed by atoms with van der Waals surface area (Å²) in [6.07, 6.45) is 0.995. The van der Waals surface area contributed by atoms with Gasteiger partial charge in [-0.05, 0) is 66.1 Å². The molecule has 1 saturated heterocycles. The zero-order valence-corrected chi connectivity index (χ0v) is 15.3. The van der Waals surface area contributed by atoms with Crippen LogP contribution in [0.5, 0.6) is 5.75 Å². The highest BCUT2D eigenvalue weighted by molar-refractivity contribution is 8.18. The Morgan fingerprint density at radius 2 is 1.96 bits per heavy atom. The summed E-state index contributed by atoms with van der Waals surface area (Å²) in [6.45, 7) is 4.06. The lowest BCUT2D eigenvalue weighted by Gasteiger charge is -2.06. The zero-order valence-electron chi connectivity index (χ0n) is 14.5. The summed E-state index contributed by atoms with van der Waals surface area (Å²) < 4.78 is 5.26. The Balaban J connectivity index is 1.86. The van der Waals surface area contributed by atoms with Crippen molar-refractivity contribution in [1.82, 2.24) is 5.32 Å². The van der Waals surface area contributed by atoms with Crippen LogP contribution in [0.25, 0.3) is 5.57 Å². The zero-order chi connectivity index (χ0) is 17.8. The lowest BCUT2D eigenvalue weighted by molar-refractivity contribution is -0.115. The molecule has 0 radical (unpaired) electrons. The van der Waals surface area contributed by atoms with Crippen molar-refractivity contribution in [1.29, 1.82) is 0 Å². The van der Waals surface area contributed by atoms with Crippen molar-refractivity contribution in [3.05, 3.63) is 64.6 Å². The highest BCUT2D eigenvalue weighted by atomic mass is 32.2. The second kappa shape index (κ2) is 7.57. The van der Waals surface area contributed by atoms with E-state index >= 15 is 0 Å². The molecule has 0 atom stereocenters. The van der Waals surface area contributed by atoms with Crippen LogP contribution >= 0.6 is 11.8 Å². The number of aliphatic imine (C=N–C) groups is 1. The predicted octanol–water partition coefficient (Wildman–Crippen LogP) is 4.54. The van der Waals surface area contributed by atoms with Crippen LogP contribution in [0.2, 0.25) is 0 Å². The Kier molecular flexibility index (Phi) is 5.24. The van der Waals surface area contributed by atoms with Crippen LogP contribution in [-0.2, 0) is 11.2 Å². The summed E-state index contributed by atoms with van der Waals surface area (Å²) in [5, 5.41) is 3.45. The van der Waals surface area contributed by atoms with Crippen LogP contribution in [0.4, 0.5) is 5.69 Å². The van der Waals surface area contributed by atoms with Gasteiger partial charge in [0.15, 0.2) is 5.17 Å². The predicted molar refractivity (Wildman–Crippen MR) is 104 cm³/mol. The lowest BCUT2D eigenvalue weighted by atomic mass is 10.1. The van der Waals surface area contributed by atoms with Gasteiger partial charge >= 0.3 is 0 Å². The second-order valence-corrected chi connectivity index (χ2v) is 6.68. The first-order chi connectivity index (χ1) is 12.1. The summed E-state index contributed by atoms with van der Waals surface area (Å²) >= 11 is 1.37. The normalized spacial score (nSPS) is 17.6. The van der Waals surface area contributed by atoms with Gasteiger partial charge in [-0.25, -0.2) is 4.99 Å². The Hall–Kier alpha value is -2.53. The molecule has 0 spiro atoms.